The number of imidazole rings is 1. The number of ether oxygens (including phenoxy) is 1. The zero-order valence-corrected chi connectivity index (χ0v) is 18.1. The molecule has 172 valence electrons. The van der Waals surface area contributed by atoms with Crippen LogP contribution < -0.4 is 5.32 Å². The Kier molecular flexibility index (Phi) is 5.95. The molecule has 1 fully saturated rings. The third-order valence-corrected chi connectivity index (χ3v) is 6.34. The monoisotopic (exact) mass is 452 g/mol. The van der Waals surface area contributed by atoms with E-state index in [-0.39, 0.29) is 36.3 Å². The number of piperidine rings is 1. The second-order valence-electron chi connectivity index (χ2n) is 8.41. The van der Waals surface area contributed by atoms with E-state index in [9.17, 15) is 14.0 Å². The van der Waals surface area contributed by atoms with E-state index in [0.717, 1.165) is 11.3 Å². The molecule has 1 atom stereocenters. The van der Waals surface area contributed by atoms with Crippen LogP contribution in [-0.2, 0) is 29.2 Å². The highest BCUT2D eigenvalue weighted by molar-refractivity contribution is 5.93. The molecule has 8 nitrogen and oxygen atoms in total. The number of rotatable bonds is 5. The molecule has 33 heavy (non-hydrogen) atoms. The highest BCUT2D eigenvalue weighted by Gasteiger charge is 2.32. The smallest absolute Gasteiger partial charge is 0.274 e. The van der Waals surface area contributed by atoms with Crippen molar-refractivity contribution in [2.75, 3.05) is 13.1 Å². The molecule has 1 N–H and O–H groups in total. The summed E-state index contributed by atoms with van der Waals surface area (Å²) in [6.07, 6.45) is 4.24. The van der Waals surface area contributed by atoms with Crippen molar-refractivity contribution < 1.29 is 23.1 Å². The summed E-state index contributed by atoms with van der Waals surface area (Å²) in [6.45, 7) is 2.14. The van der Waals surface area contributed by atoms with E-state index < -0.39 is 0 Å². The van der Waals surface area contributed by atoms with Crippen LogP contribution in [0.25, 0.3) is 0 Å². The van der Waals surface area contributed by atoms with Gasteiger partial charge in [0.05, 0.1) is 38.0 Å². The van der Waals surface area contributed by atoms with Crippen LogP contribution in [-0.4, -0.2) is 39.4 Å². The summed E-state index contributed by atoms with van der Waals surface area (Å²) in [5.74, 6) is 0.147. The first-order chi connectivity index (χ1) is 16.1. The van der Waals surface area contributed by atoms with Crippen molar-refractivity contribution in [2.45, 2.75) is 38.6 Å². The minimum Gasteiger partial charge on any atom is -0.467 e. The van der Waals surface area contributed by atoms with Crippen LogP contribution in [0.2, 0.25) is 0 Å². The zero-order valence-electron chi connectivity index (χ0n) is 18.1. The van der Waals surface area contributed by atoms with Gasteiger partial charge in [0.1, 0.15) is 17.7 Å². The molecule has 9 heteroatoms. The summed E-state index contributed by atoms with van der Waals surface area (Å²) in [6, 6.07) is 9.86. The Morgan fingerprint density at radius 1 is 1.15 bits per heavy atom. The Morgan fingerprint density at radius 2 is 1.94 bits per heavy atom. The lowest BCUT2D eigenvalue weighted by atomic mass is 9.95. The zero-order chi connectivity index (χ0) is 22.8. The van der Waals surface area contributed by atoms with Crippen molar-refractivity contribution in [1.82, 2.24) is 19.8 Å². The Hall–Kier alpha value is -3.46. The number of likely N-dealkylation sites (tertiary alicyclic amines) is 1. The summed E-state index contributed by atoms with van der Waals surface area (Å²) in [5.41, 5.74) is 2.03. The van der Waals surface area contributed by atoms with Crippen molar-refractivity contribution in [3.05, 3.63) is 77.5 Å². The SMILES string of the molecule is O=C(NCc1ccco1)C1CCN(C(=O)c2ncn3c2CO[C@H](c2ccc(F)cc2)C3)CC1. The standard InChI is InChI=1S/C24H25FN4O4/c25-18-5-3-16(4-6-18)21-13-29-15-27-22(20(29)14-33-21)24(31)28-9-7-17(8-10-28)23(30)26-12-19-2-1-11-32-19/h1-6,11,15,17,21H,7-10,12-14H2,(H,26,30)/t21-/m0/s1. The van der Waals surface area contributed by atoms with Gasteiger partial charge in [-0.1, -0.05) is 12.1 Å². The third kappa shape index (κ3) is 4.54. The van der Waals surface area contributed by atoms with E-state index in [1.165, 1.54) is 12.1 Å². The Bertz CT molecular complexity index is 1120. The second-order valence-corrected chi connectivity index (χ2v) is 8.41. The van der Waals surface area contributed by atoms with E-state index in [0.29, 0.717) is 50.5 Å². The predicted molar refractivity (Wildman–Crippen MR) is 115 cm³/mol. The quantitative estimate of drug-likeness (QED) is 0.643. The molecule has 0 unspecified atom stereocenters. The van der Waals surface area contributed by atoms with Crippen LogP contribution in [0, 0.1) is 11.7 Å². The van der Waals surface area contributed by atoms with Crippen molar-refractivity contribution >= 4 is 11.8 Å². The number of amides is 2. The minimum absolute atomic E-state index is 0.0156. The molecule has 1 saturated heterocycles. The van der Waals surface area contributed by atoms with E-state index in [2.05, 4.69) is 10.3 Å². The predicted octanol–water partition coefficient (Wildman–Crippen LogP) is 3.06. The van der Waals surface area contributed by atoms with Crippen LogP contribution in [0.5, 0.6) is 0 Å². The summed E-state index contributed by atoms with van der Waals surface area (Å²) in [5, 5.41) is 2.90. The molecule has 2 aromatic heterocycles. The Labute approximate surface area is 190 Å². The van der Waals surface area contributed by atoms with Crippen molar-refractivity contribution in [1.29, 1.82) is 0 Å². The summed E-state index contributed by atoms with van der Waals surface area (Å²) in [4.78, 5) is 31.7. The molecule has 5 rings (SSSR count). The topological polar surface area (TPSA) is 89.6 Å². The van der Waals surface area contributed by atoms with Gasteiger partial charge < -0.3 is 23.9 Å². The first-order valence-electron chi connectivity index (χ1n) is 11.1. The molecule has 2 aliphatic rings. The summed E-state index contributed by atoms with van der Waals surface area (Å²) in [7, 11) is 0. The lowest BCUT2D eigenvalue weighted by molar-refractivity contribution is -0.126. The number of nitrogens with zero attached hydrogens (tertiary/aromatic N) is 3. The van der Waals surface area contributed by atoms with E-state index >= 15 is 0 Å². The molecule has 0 radical (unpaired) electrons. The lowest BCUT2D eigenvalue weighted by Gasteiger charge is -2.31. The van der Waals surface area contributed by atoms with Crippen LogP contribution in [0.4, 0.5) is 4.39 Å². The maximum Gasteiger partial charge on any atom is 0.274 e. The molecule has 2 amide bonds. The average Bonchev–Trinajstić information content (AvgIpc) is 3.52. The number of halogens is 1. The Morgan fingerprint density at radius 3 is 2.67 bits per heavy atom. The van der Waals surface area contributed by atoms with Crippen molar-refractivity contribution in [2.24, 2.45) is 5.92 Å². The van der Waals surface area contributed by atoms with Gasteiger partial charge in [0.2, 0.25) is 5.91 Å². The minimum atomic E-state index is -0.287. The highest BCUT2D eigenvalue weighted by atomic mass is 19.1. The van der Waals surface area contributed by atoms with Crippen molar-refractivity contribution in [3.63, 3.8) is 0 Å². The largest absolute Gasteiger partial charge is 0.467 e. The van der Waals surface area contributed by atoms with Gasteiger partial charge in [0.25, 0.3) is 5.91 Å². The lowest BCUT2D eigenvalue weighted by Crippen LogP contribution is -2.43. The van der Waals surface area contributed by atoms with Gasteiger partial charge in [-0.2, -0.15) is 0 Å². The fraction of sp³-hybridized carbons (Fsp3) is 0.375. The fourth-order valence-corrected chi connectivity index (χ4v) is 4.41. The van der Waals surface area contributed by atoms with Gasteiger partial charge in [0, 0.05) is 19.0 Å². The second kappa shape index (κ2) is 9.19. The van der Waals surface area contributed by atoms with E-state index in [4.69, 9.17) is 9.15 Å². The summed E-state index contributed by atoms with van der Waals surface area (Å²) < 4.78 is 26.3. The van der Waals surface area contributed by atoms with E-state index in [1.807, 2.05) is 10.6 Å². The number of nitrogens with one attached hydrogen (secondary N) is 1. The van der Waals surface area contributed by atoms with Crippen LogP contribution in [0.1, 0.15) is 46.5 Å². The average molecular weight is 452 g/mol. The van der Waals surface area contributed by atoms with E-state index in [1.54, 1.807) is 35.7 Å². The number of hydrogen-bond donors (Lipinski definition) is 1. The summed E-state index contributed by atoms with van der Waals surface area (Å²) >= 11 is 0. The number of benzene rings is 1. The number of aromatic nitrogens is 2. The van der Waals surface area contributed by atoms with Crippen LogP contribution in [0.3, 0.4) is 0 Å². The maximum absolute atomic E-state index is 13.2. The fourth-order valence-electron chi connectivity index (χ4n) is 4.41. The molecule has 0 bridgehead atoms. The number of fused-ring (bicyclic) bond motifs is 1. The maximum atomic E-state index is 13.2. The van der Waals surface area contributed by atoms with Gasteiger partial charge in [-0.25, -0.2) is 9.37 Å². The van der Waals surface area contributed by atoms with Crippen molar-refractivity contribution in [3.8, 4) is 0 Å². The first kappa shape index (κ1) is 21.4. The molecule has 0 aliphatic carbocycles. The van der Waals surface area contributed by atoms with Crippen LogP contribution >= 0.6 is 0 Å². The molecule has 0 spiro atoms. The number of hydrogen-bond acceptors (Lipinski definition) is 5. The van der Waals surface area contributed by atoms with Gasteiger partial charge in [-0.15, -0.1) is 0 Å². The highest BCUT2D eigenvalue weighted by Crippen LogP contribution is 2.29. The normalized spacial score (nSPS) is 18.7. The molecule has 2 aliphatic heterocycles. The number of furan rings is 1. The van der Waals surface area contributed by atoms with Crippen LogP contribution in [0.15, 0.2) is 53.4 Å². The van der Waals surface area contributed by atoms with Gasteiger partial charge >= 0.3 is 0 Å². The molecule has 4 heterocycles. The molecular weight excluding hydrogens is 427 g/mol. The van der Waals surface area contributed by atoms with Gasteiger partial charge in [-0.05, 0) is 42.7 Å². The number of carbonyl (C=O) groups is 2. The van der Waals surface area contributed by atoms with Gasteiger partial charge in [0.15, 0.2) is 5.69 Å². The molecular formula is C24H25FN4O4. The first-order valence-corrected chi connectivity index (χ1v) is 11.1. The third-order valence-electron chi connectivity index (χ3n) is 6.34. The van der Waals surface area contributed by atoms with Gasteiger partial charge in [-0.3, -0.25) is 9.59 Å². The molecule has 3 aromatic rings. The Balaban J connectivity index is 1.17. The molecule has 1 aromatic carbocycles. The molecule has 0 saturated carbocycles. The number of carbonyl (C=O) groups excluding carboxylic acids is 2.